The zero-order valence-corrected chi connectivity index (χ0v) is 25.9. The number of ether oxygens (including phenoxy) is 5. The van der Waals surface area contributed by atoms with E-state index in [9.17, 15) is 23.4 Å². The van der Waals surface area contributed by atoms with Crippen molar-refractivity contribution in [3.8, 4) is 11.5 Å². The monoisotopic (exact) mass is 634 g/mol. The summed E-state index contributed by atoms with van der Waals surface area (Å²) in [6.45, 7) is 4.32. The molecule has 0 saturated carbocycles. The second-order valence-electron chi connectivity index (χ2n) is 12.3. The summed E-state index contributed by atoms with van der Waals surface area (Å²) in [5.74, 6) is 0.720. The summed E-state index contributed by atoms with van der Waals surface area (Å²) in [5.41, 5.74) is 0.314. The Kier molecular flexibility index (Phi) is 10.3. The largest absolute Gasteiger partial charge is 0.454 e. The van der Waals surface area contributed by atoms with Crippen molar-refractivity contribution in [3.63, 3.8) is 0 Å². The Balaban J connectivity index is 1.37. The van der Waals surface area contributed by atoms with Gasteiger partial charge in [0.15, 0.2) is 17.8 Å². The van der Waals surface area contributed by atoms with Crippen molar-refractivity contribution < 1.29 is 47.1 Å². The minimum Gasteiger partial charge on any atom is -0.454 e. The number of rotatable bonds is 14. The van der Waals surface area contributed by atoms with Crippen molar-refractivity contribution in [2.45, 2.75) is 69.0 Å². The van der Waals surface area contributed by atoms with Crippen molar-refractivity contribution in [2.75, 3.05) is 39.7 Å². The summed E-state index contributed by atoms with van der Waals surface area (Å²) in [7, 11) is -4.14. The van der Waals surface area contributed by atoms with Crippen molar-refractivity contribution >= 4 is 16.1 Å². The first-order chi connectivity index (χ1) is 21.1. The Hall–Kier alpha value is -2.94. The van der Waals surface area contributed by atoms with E-state index >= 15 is 0 Å². The van der Waals surface area contributed by atoms with Gasteiger partial charge in [-0.3, -0.25) is 0 Å². The molecule has 3 aliphatic rings. The third-order valence-corrected chi connectivity index (χ3v) is 10.1. The van der Waals surface area contributed by atoms with E-state index in [1.165, 1.54) is 16.4 Å². The first-order valence-corrected chi connectivity index (χ1v) is 16.4. The molecule has 2 aromatic rings. The van der Waals surface area contributed by atoms with E-state index in [2.05, 4.69) is 5.32 Å². The molecule has 0 spiro atoms. The first kappa shape index (κ1) is 32.5. The highest BCUT2D eigenvalue weighted by Crippen LogP contribution is 2.36. The van der Waals surface area contributed by atoms with Gasteiger partial charge in [-0.2, -0.15) is 4.31 Å². The summed E-state index contributed by atoms with van der Waals surface area (Å²) in [5, 5.41) is 23.9. The molecule has 3 aliphatic heterocycles. The van der Waals surface area contributed by atoms with Crippen LogP contribution in [0.4, 0.5) is 4.79 Å². The van der Waals surface area contributed by atoms with Crippen molar-refractivity contribution in [3.05, 3.63) is 54.1 Å². The SMILES string of the molecule is CC(C)(CCCO)CN(C[C@@H](O)[C@H](Cc1ccccc1)NC(=O)O[C@H]1CO[C@H]2OCC[C@H]21)S(=O)(=O)c1ccc2c(c1)OCO2. The highest BCUT2D eigenvalue weighted by molar-refractivity contribution is 7.89. The Bertz CT molecular complexity index is 1370. The van der Waals surface area contributed by atoms with Crippen LogP contribution < -0.4 is 14.8 Å². The Morgan fingerprint density at radius 3 is 2.68 bits per heavy atom. The average molecular weight is 635 g/mol. The van der Waals surface area contributed by atoms with Crippen LogP contribution in [0.15, 0.2) is 53.4 Å². The minimum absolute atomic E-state index is 0.000201. The molecule has 5 atom stereocenters. The van der Waals surface area contributed by atoms with E-state index in [0.29, 0.717) is 30.9 Å². The number of benzene rings is 2. The van der Waals surface area contributed by atoms with Gasteiger partial charge in [0.2, 0.25) is 16.8 Å². The molecular weight excluding hydrogens is 592 g/mol. The molecule has 1 amide bonds. The second-order valence-corrected chi connectivity index (χ2v) is 14.2. The topological polar surface area (TPSA) is 153 Å². The molecule has 0 radical (unpaired) electrons. The number of aliphatic hydroxyl groups is 2. The highest BCUT2D eigenvalue weighted by Gasteiger charge is 2.44. The maximum atomic E-state index is 14.1. The van der Waals surface area contributed by atoms with Crippen molar-refractivity contribution in [1.82, 2.24) is 9.62 Å². The number of amides is 1. The number of hydrogen-bond acceptors (Lipinski definition) is 10. The number of carbonyl (C=O) groups excluding carboxylic acids is 1. The molecule has 0 bridgehead atoms. The first-order valence-electron chi connectivity index (χ1n) is 15.0. The van der Waals surface area contributed by atoms with Crippen LogP contribution in [-0.4, -0.2) is 93.3 Å². The fourth-order valence-electron chi connectivity index (χ4n) is 5.91. The summed E-state index contributed by atoms with van der Waals surface area (Å²) in [4.78, 5) is 13.1. The van der Waals surface area contributed by atoms with E-state index in [0.717, 1.165) is 12.0 Å². The summed E-state index contributed by atoms with van der Waals surface area (Å²) in [6.07, 6.45) is -0.886. The number of fused-ring (bicyclic) bond motifs is 2. The standard InChI is InChI=1S/C31H42N2O10S/c1-31(2,12-6-13-34)19-33(44(37,38)22-9-10-26-27(16-22)42-20-41-26)17-25(35)24(15-21-7-4-3-5-8-21)32-30(36)43-28-18-40-29-23(28)11-14-39-29/h3-5,7-10,16,23-25,28-29,34-35H,6,11-15,17-20H2,1-2H3,(H,32,36)/t23-,24-,25+,28-,29+/m0/s1. The van der Waals surface area contributed by atoms with Crippen LogP contribution in [0.3, 0.4) is 0 Å². The third-order valence-electron chi connectivity index (χ3n) is 8.30. The smallest absolute Gasteiger partial charge is 0.407 e. The summed E-state index contributed by atoms with van der Waals surface area (Å²) < 4.78 is 57.0. The summed E-state index contributed by atoms with van der Waals surface area (Å²) in [6, 6.07) is 12.9. The zero-order valence-electron chi connectivity index (χ0n) is 25.1. The molecule has 3 heterocycles. The van der Waals surface area contributed by atoms with Gasteiger partial charge in [-0.25, -0.2) is 13.2 Å². The number of hydrogen-bond donors (Lipinski definition) is 3. The van der Waals surface area contributed by atoms with Gasteiger partial charge in [0.25, 0.3) is 0 Å². The van der Waals surface area contributed by atoms with E-state index in [1.807, 2.05) is 44.2 Å². The molecule has 0 unspecified atom stereocenters. The number of nitrogens with zero attached hydrogens (tertiary/aromatic N) is 1. The van der Waals surface area contributed by atoms with Gasteiger partial charge in [-0.15, -0.1) is 0 Å². The molecule has 2 aromatic carbocycles. The van der Waals surface area contributed by atoms with Crippen LogP contribution in [0.1, 0.15) is 38.7 Å². The molecule has 13 heteroatoms. The number of sulfonamides is 1. The second kappa shape index (κ2) is 14.0. The Morgan fingerprint density at radius 2 is 1.91 bits per heavy atom. The molecule has 3 N–H and O–H groups in total. The van der Waals surface area contributed by atoms with E-state index in [1.54, 1.807) is 6.07 Å². The quantitative estimate of drug-likeness (QED) is 0.283. The van der Waals surface area contributed by atoms with Crippen LogP contribution in [-0.2, 0) is 30.7 Å². The van der Waals surface area contributed by atoms with Crippen LogP contribution in [0.25, 0.3) is 0 Å². The fourth-order valence-corrected chi connectivity index (χ4v) is 7.57. The zero-order chi connectivity index (χ0) is 31.3. The number of aliphatic hydroxyl groups excluding tert-OH is 2. The van der Waals surface area contributed by atoms with Gasteiger partial charge in [0, 0.05) is 25.8 Å². The van der Waals surface area contributed by atoms with Gasteiger partial charge >= 0.3 is 6.09 Å². The predicted molar refractivity (Wildman–Crippen MR) is 159 cm³/mol. The maximum absolute atomic E-state index is 14.1. The molecule has 2 fully saturated rings. The predicted octanol–water partition coefficient (Wildman–Crippen LogP) is 2.66. The Labute approximate surface area is 258 Å². The number of alkyl carbamates (subject to hydrolysis) is 1. The molecule has 12 nitrogen and oxygen atoms in total. The molecule has 0 aliphatic carbocycles. The van der Waals surface area contributed by atoms with Crippen molar-refractivity contribution in [2.24, 2.45) is 11.3 Å². The van der Waals surface area contributed by atoms with Crippen LogP contribution >= 0.6 is 0 Å². The van der Waals surface area contributed by atoms with Gasteiger partial charge in [-0.1, -0.05) is 44.2 Å². The van der Waals surface area contributed by atoms with Crippen LogP contribution in [0, 0.1) is 11.3 Å². The van der Waals surface area contributed by atoms with E-state index < -0.39 is 39.8 Å². The van der Waals surface area contributed by atoms with Gasteiger partial charge in [-0.05, 0) is 48.8 Å². The van der Waals surface area contributed by atoms with Crippen molar-refractivity contribution in [1.29, 1.82) is 0 Å². The van der Waals surface area contributed by atoms with Crippen LogP contribution in [0.5, 0.6) is 11.5 Å². The van der Waals surface area contributed by atoms with Gasteiger partial charge < -0.3 is 39.2 Å². The van der Waals surface area contributed by atoms with Gasteiger partial charge in [0.05, 0.1) is 36.2 Å². The lowest BCUT2D eigenvalue weighted by Gasteiger charge is -2.35. The molecule has 5 rings (SSSR count). The number of carbonyl (C=O) groups is 1. The molecule has 2 saturated heterocycles. The third kappa shape index (κ3) is 7.82. The molecule has 0 aromatic heterocycles. The Morgan fingerprint density at radius 1 is 1.14 bits per heavy atom. The molecule has 242 valence electrons. The average Bonchev–Trinajstić information content (AvgIpc) is 3.74. The lowest BCUT2D eigenvalue weighted by molar-refractivity contribution is -0.0907. The highest BCUT2D eigenvalue weighted by atomic mass is 32.2. The maximum Gasteiger partial charge on any atom is 0.407 e. The normalized spacial score (nSPS) is 22.5. The lowest BCUT2D eigenvalue weighted by atomic mass is 9.87. The lowest BCUT2D eigenvalue weighted by Crippen LogP contribution is -2.52. The fraction of sp³-hybridized carbons (Fsp3) is 0.581. The van der Waals surface area contributed by atoms with E-state index in [-0.39, 0.29) is 56.6 Å². The summed E-state index contributed by atoms with van der Waals surface area (Å²) >= 11 is 0. The molecular formula is C31H42N2O10S. The molecule has 44 heavy (non-hydrogen) atoms. The minimum atomic E-state index is -4.14. The van der Waals surface area contributed by atoms with Crippen LogP contribution in [0.2, 0.25) is 0 Å². The van der Waals surface area contributed by atoms with Gasteiger partial charge in [0.1, 0.15) is 6.10 Å². The number of nitrogens with one attached hydrogen (secondary N) is 1. The van der Waals surface area contributed by atoms with E-state index in [4.69, 9.17) is 23.7 Å².